The topological polar surface area (TPSA) is 24.1 Å². The molecule has 4 heteroatoms. The van der Waals surface area contributed by atoms with Crippen molar-refractivity contribution in [2.75, 3.05) is 13.1 Å². The van der Waals surface area contributed by atoms with E-state index in [-0.39, 0.29) is 43.9 Å². The zero-order chi connectivity index (χ0) is 14.4. The number of rotatable bonds is 3. The Labute approximate surface area is 127 Å². The van der Waals surface area contributed by atoms with Crippen LogP contribution in [0.3, 0.4) is 0 Å². The lowest BCUT2D eigenvalue weighted by Gasteiger charge is -2.24. The van der Waals surface area contributed by atoms with Crippen molar-refractivity contribution in [3.05, 3.63) is 35.9 Å². The Kier molecular flexibility index (Phi) is 4.28. The zero-order valence-electron chi connectivity index (χ0n) is 14.1. The van der Waals surface area contributed by atoms with Crippen LogP contribution in [-0.2, 0) is 0 Å². The minimum absolute atomic E-state index is 0. The van der Waals surface area contributed by atoms with Gasteiger partial charge in [0.15, 0.2) is 0 Å². The molecule has 2 N–H and O–H groups in total. The second kappa shape index (κ2) is 7.34. The van der Waals surface area contributed by atoms with E-state index in [1.54, 1.807) is 0 Å². The van der Waals surface area contributed by atoms with Gasteiger partial charge in [-0.05, 0) is 37.8 Å². The molecule has 1 aromatic carbocycles. The molecule has 1 saturated heterocycles. The van der Waals surface area contributed by atoms with Crippen LogP contribution in [-0.4, -0.2) is 25.2 Å². The highest BCUT2D eigenvalue weighted by Crippen LogP contribution is 2.41. The second-order valence-electron chi connectivity index (χ2n) is 4.47. The van der Waals surface area contributed by atoms with Crippen molar-refractivity contribution in [1.29, 1.82) is 0 Å². The van der Waals surface area contributed by atoms with Gasteiger partial charge < -0.3 is 10.6 Å². The van der Waals surface area contributed by atoms with E-state index in [2.05, 4.69) is 22.8 Å². The van der Waals surface area contributed by atoms with Crippen LogP contribution in [0.2, 0.25) is 0 Å². The Morgan fingerprint density at radius 3 is 2.44 bits per heavy atom. The third kappa shape index (κ3) is 3.86. The van der Waals surface area contributed by atoms with Crippen LogP contribution in [0.1, 0.15) is 36.1 Å². The van der Waals surface area contributed by atoms with Crippen LogP contribution in [0.5, 0.6) is 0 Å². The van der Waals surface area contributed by atoms with E-state index < -0.39 is 18.8 Å². The van der Waals surface area contributed by atoms with Crippen LogP contribution in [0, 0.1) is 0 Å². The largest absolute Gasteiger partial charge is 0.317 e. The summed E-state index contributed by atoms with van der Waals surface area (Å²) in [6.07, 6.45) is -2.17. The molecule has 0 bridgehead atoms. The molecule has 0 unspecified atom stereocenters. The van der Waals surface area contributed by atoms with Gasteiger partial charge in [-0.2, -0.15) is 0 Å². The Morgan fingerprint density at radius 1 is 1.11 bits per heavy atom. The number of halogens is 2. The molecule has 0 radical (unpaired) electrons. The molecule has 1 aliphatic heterocycles. The maximum absolute atomic E-state index is 8.03. The first-order valence-electron chi connectivity index (χ1n) is 7.92. The van der Waals surface area contributed by atoms with Crippen LogP contribution >= 0.6 is 24.8 Å². The van der Waals surface area contributed by atoms with Crippen molar-refractivity contribution in [3.8, 4) is 0 Å². The minimum atomic E-state index is -1.56. The molecule has 3 rings (SSSR count). The quantitative estimate of drug-likeness (QED) is 0.895. The average Bonchev–Trinajstić information content (AvgIpc) is 3.14. The Balaban J connectivity index is 0.00000121. The monoisotopic (exact) mass is 292 g/mol. The highest BCUT2D eigenvalue weighted by atomic mass is 35.5. The standard InChI is InChI=1S/C14H20N2.2ClH/c1-2-4-11(5-3-1)13-10-14(13)16-12-6-8-15-9-7-12;;/h1-5,12-16H,6-10H2;2*1H/t13-,14+;;/m0../s1/i6D2,7D2;;. The molecular weight excluding hydrogens is 267 g/mol. The summed E-state index contributed by atoms with van der Waals surface area (Å²) < 4.78 is 32.1. The highest BCUT2D eigenvalue weighted by Gasteiger charge is 2.39. The summed E-state index contributed by atoms with van der Waals surface area (Å²) in [5.41, 5.74) is 1.25. The number of hydrogen-bond donors (Lipinski definition) is 2. The maximum atomic E-state index is 8.03. The molecule has 2 aliphatic rings. The van der Waals surface area contributed by atoms with Gasteiger partial charge in [-0.15, -0.1) is 24.8 Å². The van der Waals surface area contributed by atoms with Gasteiger partial charge in [0.25, 0.3) is 0 Å². The molecule has 102 valence electrons. The summed E-state index contributed by atoms with van der Waals surface area (Å²) in [5.74, 6) is 0.387. The first-order valence-corrected chi connectivity index (χ1v) is 5.92. The van der Waals surface area contributed by atoms with Crippen molar-refractivity contribution in [2.45, 2.75) is 37.2 Å². The summed E-state index contributed by atoms with van der Waals surface area (Å²) in [4.78, 5) is 0. The molecule has 0 aromatic heterocycles. The number of piperidine rings is 1. The number of benzene rings is 1. The molecule has 2 nitrogen and oxygen atoms in total. The molecular formula is C14H22Cl2N2. The highest BCUT2D eigenvalue weighted by molar-refractivity contribution is 5.85. The fourth-order valence-corrected chi connectivity index (χ4v) is 2.26. The van der Waals surface area contributed by atoms with Crippen molar-refractivity contribution in [3.63, 3.8) is 0 Å². The Hall–Kier alpha value is -0.280. The van der Waals surface area contributed by atoms with Gasteiger partial charge in [0, 0.05) is 23.5 Å². The number of hydrogen-bond acceptors (Lipinski definition) is 2. The van der Waals surface area contributed by atoms with Crippen LogP contribution in [0.4, 0.5) is 0 Å². The fourth-order valence-electron chi connectivity index (χ4n) is 2.26. The molecule has 18 heavy (non-hydrogen) atoms. The van der Waals surface area contributed by atoms with E-state index in [4.69, 9.17) is 5.48 Å². The summed E-state index contributed by atoms with van der Waals surface area (Å²) in [7, 11) is 0. The predicted octanol–water partition coefficient (Wildman–Crippen LogP) is 2.73. The van der Waals surface area contributed by atoms with E-state index in [0.717, 1.165) is 6.42 Å². The van der Waals surface area contributed by atoms with Crippen molar-refractivity contribution in [2.24, 2.45) is 0 Å². The zero-order valence-corrected chi connectivity index (χ0v) is 11.7. The van der Waals surface area contributed by atoms with Gasteiger partial charge >= 0.3 is 0 Å². The second-order valence-corrected chi connectivity index (χ2v) is 4.47. The maximum Gasteiger partial charge on any atom is 0.0296 e. The van der Waals surface area contributed by atoms with Crippen molar-refractivity contribution in [1.82, 2.24) is 10.6 Å². The van der Waals surface area contributed by atoms with E-state index in [1.807, 2.05) is 18.2 Å². The normalized spacial score (nSPS) is 35.8. The van der Waals surface area contributed by atoms with Crippen LogP contribution in [0.15, 0.2) is 30.3 Å². The van der Waals surface area contributed by atoms with E-state index in [1.165, 1.54) is 5.56 Å². The molecule has 1 aromatic rings. The smallest absolute Gasteiger partial charge is 0.0296 e. The van der Waals surface area contributed by atoms with Gasteiger partial charge in [0.2, 0.25) is 0 Å². The summed E-state index contributed by atoms with van der Waals surface area (Å²) in [6.45, 7) is 0.403. The predicted molar refractivity (Wildman–Crippen MR) is 81.1 cm³/mol. The van der Waals surface area contributed by atoms with Crippen molar-refractivity contribution >= 4 is 24.8 Å². The van der Waals surface area contributed by atoms with Crippen LogP contribution in [0.25, 0.3) is 0 Å². The molecule has 0 amide bonds. The van der Waals surface area contributed by atoms with Gasteiger partial charge in [0.05, 0.1) is 0 Å². The molecule has 0 spiro atoms. The lowest BCUT2D eigenvalue weighted by molar-refractivity contribution is 0.383. The summed E-state index contributed by atoms with van der Waals surface area (Å²) in [6, 6.07) is 9.59. The molecule has 1 saturated carbocycles. The molecule has 2 atom stereocenters. The third-order valence-corrected chi connectivity index (χ3v) is 3.26. The lowest BCUT2D eigenvalue weighted by Crippen LogP contribution is -2.41. The molecule has 2 fully saturated rings. The van der Waals surface area contributed by atoms with Gasteiger partial charge in [-0.1, -0.05) is 30.3 Å². The SMILES string of the molecule is Cl.Cl.[2H]C1([2H])CNCC([2H])([2H])C1N[C@@H]1C[C@H]1c1ccccc1. The first kappa shape index (κ1) is 10.5. The first-order chi connectivity index (χ1) is 9.40. The van der Waals surface area contributed by atoms with Gasteiger partial charge in [-0.25, -0.2) is 0 Å². The van der Waals surface area contributed by atoms with Gasteiger partial charge in [-0.3, -0.25) is 0 Å². The third-order valence-electron chi connectivity index (χ3n) is 3.26. The fraction of sp³-hybridized carbons (Fsp3) is 0.571. The lowest BCUT2D eigenvalue weighted by atomic mass is 10.1. The molecule has 1 aliphatic carbocycles. The Bertz CT molecular complexity index is 471. The van der Waals surface area contributed by atoms with E-state index in [9.17, 15) is 0 Å². The van der Waals surface area contributed by atoms with E-state index in [0.29, 0.717) is 5.92 Å². The number of nitrogens with one attached hydrogen (secondary N) is 2. The minimum Gasteiger partial charge on any atom is -0.317 e. The summed E-state index contributed by atoms with van der Waals surface area (Å²) in [5, 5.41) is 6.07. The van der Waals surface area contributed by atoms with E-state index >= 15 is 0 Å². The average molecular weight is 293 g/mol. The van der Waals surface area contributed by atoms with Crippen molar-refractivity contribution < 1.29 is 5.48 Å². The van der Waals surface area contributed by atoms with Crippen LogP contribution < -0.4 is 10.6 Å². The van der Waals surface area contributed by atoms with Gasteiger partial charge in [0.1, 0.15) is 0 Å². The summed E-state index contributed by atoms with van der Waals surface area (Å²) >= 11 is 0. The Morgan fingerprint density at radius 2 is 1.78 bits per heavy atom. The molecule has 1 heterocycles.